The molecule has 1 saturated carbocycles. The highest BCUT2D eigenvalue weighted by molar-refractivity contribution is 5.96. The first kappa shape index (κ1) is 20.0. The van der Waals surface area contributed by atoms with Crippen molar-refractivity contribution in [2.24, 2.45) is 10.7 Å². The van der Waals surface area contributed by atoms with E-state index < -0.39 is 11.9 Å². The second kappa shape index (κ2) is 7.85. The Balaban J connectivity index is 1.51. The third-order valence-electron chi connectivity index (χ3n) is 5.23. The van der Waals surface area contributed by atoms with E-state index in [2.05, 4.69) is 26.9 Å². The van der Waals surface area contributed by atoms with Crippen molar-refractivity contribution in [1.82, 2.24) is 18.9 Å². The van der Waals surface area contributed by atoms with Gasteiger partial charge in [0.15, 0.2) is 5.69 Å². The molecule has 0 bridgehead atoms. The van der Waals surface area contributed by atoms with Gasteiger partial charge in [-0.05, 0) is 37.8 Å². The van der Waals surface area contributed by atoms with E-state index in [1.807, 2.05) is 0 Å². The van der Waals surface area contributed by atoms with E-state index in [1.165, 1.54) is 4.40 Å². The van der Waals surface area contributed by atoms with Crippen molar-refractivity contribution < 1.29 is 13.2 Å². The largest absolute Gasteiger partial charge is 0.434 e. The molecule has 158 valence electrons. The van der Waals surface area contributed by atoms with Crippen molar-refractivity contribution in [3.8, 4) is 0 Å². The number of halogens is 3. The third-order valence-corrected chi connectivity index (χ3v) is 5.23. The summed E-state index contributed by atoms with van der Waals surface area (Å²) in [5.41, 5.74) is 6.19. The number of nitrogens with two attached hydrogens (primary N) is 1. The normalized spacial score (nSPS) is 20.4. The number of aliphatic imine (C=N–C) groups is 1. The van der Waals surface area contributed by atoms with Crippen LogP contribution >= 0.6 is 0 Å². The summed E-state index contributed by atoms with van der Waals surface area (Å²) in [4.78, 5) is 12.4. The van der Waals surface area contributed by atoms with Crippen LogP contribution in [0.2, 0.25) is 0 Å². The molecular formula is C20H22F3N7. The molecule has 0 aromatic carbocycles. The number of hydrogen-bond donors (Lipinski definition) is 2. The molecule has 1 aliphatic rings. The van der Waals surface area contributed by atoms with E-state index in [9.17, 15) is 13.2 Å². The summed E-state index contributed by atoms with van der Waals surface area (Å²) in [6.07, 6.45) is 4.84. The molecule has 3 heterocycles. The lowest BCUT2D eigenvalue weighted by Gasteiger charge is -2.28. The Morgan fingerprint density at radius 2 is 2.17 bits per heavy atom. The van der Waals surface area contributed by atoms with Gasteiger partial charge in [-0.1, -0.05) is 12.6 Å². The van der Waals surface area contributed by atoms with Gasteiger partial charge < -0.3 is 15.6 Å². The number of fused-ring (bicyclic) bond motifs is 1. The zero-order chi connectivity index (χ0) is 21.3. The SMILES string of the molecule is C=Cn1cncc1C(N)=N[C@@H]1CCC[C@H](Nc2cccc3nc(C(F)(F)F)cn23)C1. The van der Waals surface area contributed by atoms with Crippen LogP contribution in [-0.2, 0) is 6.18 Å². The molecule has 3 N–H and O–H groups in total. The molecule has 0 aliphatic heterocycles. The quantitative estimate of drug-likeness (QED) is 0.489. The fraction of sp³-hybridized carbons (Fsp3) is 0.350. The maximum Gasteiger partial charge on any atom is 0.434 e. The average molecular weight is 417 g/mol. The summed E-state index contributed by atoms with van der Waals surface area (Å²) in [6, 6.07) is 5.07. The Morgan fingerprint density at radius 1 is 1.33 bits per heavy atom. The van der Waals surface area contributed by atoms with Crippen molar-refractivity contribution >= 4 is 23.5 Å². The van der Waals surface area contributed by atoms with Crippen molar-refractivity contribution in [1.29, 1.82) is 0 Å². The lowest BCUT2D eigenvalue weighted by molar-refractivity contribution is -0.140. The van der Waals surface area contributed by atoms with Gasteiger partial charge in [-0.2, -0.15) is 13.2 Å². The molecule has 2 atom stereocenters. The van der Waals surface area contributed by atoms with Gasteiger partial charge in [0.1, 0.15) is 23.0 Å². The molecule has 4 rings (SSSR count). The Kier molecular flexibility index (Phi) is 5.23. The maximum absolute atomic E-state index is 13.0. The summed E-state index contributed by atoms with van der Waals surface area (Å²) >= 11 is 0. The number of aromatic nitrogens is 4. The van der Waals surface area contributed by atoms with Gasteiger partial charge in [0.05, 0.1) is 18.6 Å². The Labute approximate surface area is 171 Å². The third kappa shape index (κ3) is 4.03. The molecule has 10 heteroatoms. The molecule has 0 unspecified atom stereocenters. The first-order chi connectivity index (χ1) is 14.3. The zero-order valence-corrected chi connectivity index (χ0v) is 16.2. The van der Waals surface area contributed by atoms with E-state index in [0.717, 1.165) is 31.9 Å². The molecule has 0 radical (unpaired) electrons. The van der Waals surface area contributed by atoms with Gasteiger partial charge >= 0.3 is 6.18 Å². The number of rotatable bonds is 5. The van der Waals surface area contributed by atoms with Crippen LogP contribution in [0.1, 0.15) is 37.1 Å². The molecule has 0 amide bonds. The van der Waals surface area contributed by atoms with Crippen molar-refractivity contribution in [3.63, 3.8) is 0 Å². The van der Waals surface area contributed by atoms with Gasteiger partial charge in [-0.25, -0.2) is 9.97 Å². The van der Waals surface area contributed by atoms with Crippen molar-refractivity contribution in [2.75, 3.05) is 5.32 Å². The van der Waals surface area contributed by atoms with E-state index in [-0.39, 0.29) is 17.7 Å². The summed E-state index contributed by atoms with van der Waals surface area (Å²) in [5.74, 6) is 0.965. The lowest BCUT2D eigenvalue weighted by atomic mass is 9.91. The Hall–Kier alpha value is -3.30. The van der Waals surface area contributed by atoms with Gasteiger partial charge in [0.2, 0.25) is 0 Å². The Bertz CT molecular complexity index is 1080. The van der Waals surface area contributed by atoms with Crippen LogP contribution in [0, 0.1) is 0 Å². The van der Waals surface area contributed by atoms with Crippen LogP contribution in [0.3, 0.4) is 0 Å². The molecule has 3 aromatic heterocycles. The molecule has 0 saturated heterocycles. The molecule has 1 aliphatic carbocycles. The second-order valence-corrected chi connectivity index (χ2v) is 7.31. The topological polar surface area (TPSA) is 85.5 Å². The minimum Gasteiger partial charge on any atom is -0.382 e. The first-order valence-electron chi connectivity index (χ1n) is 9.65. The molecule has 1 fully saturated rings. The first-order valence-corrected chi connectivity index (χ1v) is 9.65. The molecular weight excluding hydrogens is 395 g/mol. The standard InChI is InChI=1S/C20H22F3N7/c1-2-29-12-25-10-15(29)19(24)27-14-6-3-5-13(9-14)26-17-7-4-8-18-28-16(11-30(17)18)20(21,22)23/h2,4,7-8,10-14,26H,1,3,5-6,9H2,(H2,24,27)/t13-,14+/m0/s1. The van der Waals surface area contributed by atoms with Crippen LogP contribution in [0.4, 0.5) is 19.0 Å². The molecule has 7 nitrogen and oxygen atoms in total. The van der Waals surface area contributed by atoms with Crippen LogP contribution in [0.25, 0.3) is 11.8 Å². The highest BCUT2D eigenvalue weighted by Gasteiger charge is 2.34. The number of alkyl halides is 3. The highest BCUT2D eigenvalue weighted by atomic mass is 19.4. The molecule has 3 aromatic rings. The van der Waals surface area contributed by atoms with Gasteiger partial charge in [0.25, 0.3) is 0 Å². The van der Waals surface area contributed by atoms with E-state index >= 15 is 0 Å². The monoisotopic (exact) mass is 417 g/mol. The fourth-order valence-corrected chi connectivity index (χ4v) is 3.80. The van der Waals surface area contributed by atoms with E-state index in [1.54, 1.807) is 41.5 Å². The van der Waals surface area contributed by atoms with Crippen molar-refractivity contribution in [2.45, 2.75) is 43.9 Å². The number of hydrogen-bond acceptors (Lipinski definition) is 4. The molecule has 0 spiro atoms. The fourth-order valence-electron chi connectivity index (χ4n) is 3.80. The number of amidine groups is 1. The second-order valence-electron chi connectivity index (χ2n) is 7.31. The minimum absolute atomic E-state index is 0.0112. The summed E-state index contributed by atoms with van der Waals surface area (Å²) < 4.78 is 42.2. The number of pyridine rings is 1. The minimum atomic E-state index is -4.48. The predicted molar refractivity (Wildman–Crippen MR) is 109 cm³/mol. The summed E-state index contributed by atoms with van der Waals surface area (Å²) in [5, 5.41) is 3.36. The summed E-state index contributed by atoms with van der Waals surface area (Å²) in [7, 11) is 0. The van der Waals surface area contributed by atoms with Crippen molar-refractivity contribution in [3.05, 3.63) is 54.9 Å². The Morgan fingerprint density at radius 3 is 2.93 bits per heavy atom. The van der Waals surface area contributed by atoms with Crippen LogP contribution in [-0.4, -0.2) is 36.9 Å². The number of imidazole rings is 2. The number of nitrogens with one attached hydrogen (secondary N) is 1. The van der Waals surface area contributed by atoms with E-state index in [0.29, 0.717) is 17.3 Å². The summed E-state index contributed by atoms with van der Waals surface area (Å²) in [6.45, 7) is 3.72. The highest BCUT2D eigenvalue weighted by Crippen LogP contribution is 2.30. The van der Waals surface area contributed by atoms with Gasteiger partial charge in [-0.15, -0.1) is 0 Å². The maximum atomic E-state index is 13.0. The lowest BCUT2D eigenvalue weighted by Crippen LogP contribution is -2.31. The molecule has 30 heavy (non-hydrogen) atoms. The van der Waals surface area contributed by atoms with Crippen LogP contribution in [0.15, 0.2) is 48.5 Å². The predicted octanol–water partition coefficient (Wildman–Crippen LogP) is 3.78. The smallest absolute Gasteiger partial charge is 0.382 e. The van der Waals surface area contributed by atoms with E-state index in [4.69, 9.17) is 5.73 Å². The van der Waals surface area contributed by atoms with Crippen LogP contribution < -0.4 is 11.1 Å². The average Bonchev–Trinajstić information content (AvgIpc) is 3.35. The number of anilines is 1. The van der Waals surface area contributed by atoms with Gasteiger partial charge in [-0.3, -0.25) is 9.39 Å². The zero-order valence-electron chi connectivity index (χ0n) is 16.2. The van der Waals surface area contributed by atoms with Crippen LogP contribution in [0.5, 0.6) is 0 Å². The number of nitrogens with zero attached hydrogens (tertiary/aromatic N) is 5. The van der Waals surface area contributed by atoms with Gasteiger partial charge in [0, 0.05) is 18.4 Å².